The number of carbonyl (C=O) groups excluding carboxylic acids is 1. The molecule has 0 aliphatic carbocycles. The van der Waals surface area contributed by atoms with Crippen molar-refractivity contribution in [2.24, 2.45) is 0 Å². The molecule has 0 atom stereocenters. The van der Waals surface area contributed by atoms with E-state index in [0.29, 0.717) is 12.2 Å². The van der Waals surface area contributed by atoms with E-state index in [1.165, 1.54) is 0 Å². The molecule has 1 rings (SSSR count). The molecule has 0 aliphatic rings. The number of amides is 1. The van der Waals surface area contributed by atoms with Gasteiger partial charge in [-0.3, -0.25) is 4.79 Å². The van der Waals surface area contributed by atoms with E-state index in [1.54, 1.807) is 12.3 Å². The molecule has 0 aliphatic heterocycles. The molecule has 1 heterocycles. The topological polar surface area (TPSA) is 45.2 Å². The van der Waals surface area contributed by atoms with Gasteiger partial charge in [0.2, 0.25) is 0 Å². The summed E-state index contributed by atoms with van der Waals surface area (Å²) >= 11 is 0. The van der Waals surface area contributed by atoms with Crippen LogP contribution in [0.15, 0.2) is 18.3 Å². The Morgan fingerprint density at radius 3 is 2.47 bits per heavy atom. The van der Waals surface area contributed by atoms with Gasteiger partial charge in [-0.2, -0.15) is 0 Å². The lowest BCUT2D eigenvalue weighted by Crippen LogP contribution is -2.25. The maximum Gasteiger partial charge on any atom is 0.269 e. The van der Waals surface area contributed by atoms with E-state index < -0.39 is 0 Å². The predicted molar refractivity (Wildman–Crippen MR) is 70.4 cm³/mol. The molecule has 4 nitrogen and oxygen atoms in total. The number of anilines is 1. The van der Waals surface area contributed by atoms with E-state index >= 15 is 0 Å². The molecule has 1 aromatic rings. The standard InChI is InChI=1S/C13H21N3O/c1-4-9-14-13(17)12-8-7-11(10-15-12)16(5-2)6-3/h7-8,10H,4-6,9H2,1-3H3,(H,14,17). The van der Waals surface area contributed by atoms with Gasteiger partial charge in [0.15, 0.2) is 0 Å². The Hall–Kier alpha value is -1.58. The third-order valence-electron chi connectivity index (χ3n) is 2.64. The van der Waals surface area contributed by atoms with Crippen LogP contribution in [0.3, 0.4) is 0 Å². The van der Waals surface area contributed by atoms with E-state index in [1.807, 2.05) is 13.0 Å². The van der Waals surface area contributed by atoms with Crippen LogP contribution in [0.5, 0.6) is 0 Å². The largest absolute Gasteiger partial charge is 0.371 e. The van der Waals surface area contributed by atoms with E-state index in [2.05, 4.69) is 29.0 Å². The lowest BCUT2D eigenvalue weighted by molar-refractivity contribution is 0.0949. The second-order valence-electron chi connectivity index (χ2n) is 3.83. The summed E-state index contributed by atoms with van der Waals surface area (Å²) in [5, 5.41) is 2.81. The quantitative estimate of drug-likeness (QED) is 0.821. The molecule has 0 bridgehead atoms. The van der Waals surface area contributed by atoms with Gasteiger partial charge in [0.1, 0.15) is 5.69 Å². The lowest BCUT2D eigenvalue weighted by Gasteiger charge is -2.20. The monoisotopic (exact) mass is 235 g/mol. The first-order valence-electron chi connectivity index (χ1n) is 6.22. The molecule has 0 unspecified atom stereocenters. The van der Waals surface area contributed by atoms with Crippen molar-refractivity contribution in [1.82, 2.24) is 10.3 Å². The molecule has 0 saturated heterocycles. The van der Waals surface area contributed by atoms with Gasteiger partial charge in [0, 0.05) is 19.6 Å². The summed E-state index contributed by atoms with van der Waals surface area (Å²) in [6.07, 6.45) is 2.69. The summed E-state index contributed by atoms with van der Waals surface area (Å²) in [5.74, 6) is -0.0991. The summed E-state index contributed by atoms with van der Waals surface area (Å²) < 4.78 is 0. The van der Waals surface area contributed by atoms with Crippen molar-refractivity contribution in [3.63, 3.8) is 0 Å². The number of nitrogens with one attached hydrogen (secondary N) is 1. The molecule has 17 heavy (non-hydrogen) atoms. The minimum atomic E-state index is -0.0991. The molecule has 1 N–H and O–H groups in total. The van der Waals surface area contributed by atoms with Gasteiger partial charge in [0.05, 0.1) is 11.9 Å². The van der Waals surface area contributed by atoms with Crippen molar-refractivity contribution < 1.29 is 4.79 Å². The Kier molecular flexibility index (Phi) is 5.46. The molecule has 1 amide bonds. The minimum absolute atomic E-state index is 0.0991. The Morgan fingerprint density at radius 1 is 1.29 bits per heavy atom. The molecular formula is C13H21N3O. The summed E-state index contributed by atoms with van der Waals surface area (Å²) in [5.41, 5.74) is 1.54. The SMILES string of the molecule is CCCNC(=O)c1ccc(N(CC)CC)cn1. The second kappa shape index (κ2) is 6.89. The van der Waals surface area contributed by atoms with Crippen LogP contribution < -0.4 is 10.2 Å². The molecule has 0 radical (unpaired) electrons. The minimum Gasteiger partial charge on any atom is -0.371 e. The van der Waals surface area contributed by atoms with Gasteiger partial charge < -0.3 is 10.2 Å². The highest BCUT2D eigenvalue weighted by atomic mass is 16.1. The van der Waals surface area contributed by atoms with Gasteiger partial charge in [-0.15, -0.1) is 0 Å². The fourth-order valence-corrected chi connectivity index (χ4v) is 1.63. The predicted octanol–water partition coefficient (Wildman–Crippen LogP) is 2.07. The number of nitrogens with zero attached hydrogens (tertiary/aromatic N) is 2. The summed E-state index contributed by atoms with van der Waals surface area (Å²) in [6.45, 7) is 8.81. The molecular weight excluding hydrogens is 214 g/mol. The molecule has 0 fully saturated rings. The van der Waals surface area contributed by atoms with Gasteiger partial charge in [-0.05, 0) is 32.4 Å². The van der Waals surface area contributed by atoms with E-state index in [0.717, 1.165) is 25.2 Å². The normalized spacial score (nSPS) is 10.1. The zero-order chi connectivity index (χ0) is 12.7. The number of rotatable bonds is 6. The third-order valence-corrected chi connectivity index (χ3v) is 2.64. The Balaban J connectivity index is 2.70. The van der Waals surface area contributed by atoms with Gasteiger partial charge in [-0.25, -0.2) is 4.98 Å². The first-order chi connectivity index (χ1) is 8.22. The maximum absolute atomic E-state index is 11.6. The highest BCUT2D eigenvalue weighted by Gasteiger charge is 2.07. The lowest BCUT2D eigenvalue weighted by atomic mass is 10.3. The van der Waals surface area contributed by atoms with E-state index in [4.69, 9.17) is 0 Å². The van der Waals surface area contributed by atoms with Gasteiger partial charge in [-0.1, -0.05) is 6.92 Å². The Morgan fingerprint density at radius 2 is 2.00 bits per heavy atom. The fourth-order valence-electron chi connectivity index (χ4n) is 1.63. The highest BCUT2D eigenvalue weighted by Crippen LogP contribution is 2.12. The Labute approximate surface area is 103 Å². The maximum atomic E-state index is 11.6. The van der Waals surface area contributed by atoms with Crippen LogP contribution in [0.1, 0.15) is 37.7 Å². The zero-order valence-corrected chi connectivity index (χ0v) is 10.9. The van der Waals surface area contributed by atoms with Crippen LogP contribution in [0.4, 0.5) is 5.69 Å². The fraction of sp³-hybridized carbons (Fsp3) is 0.538. The molecule has 1 aromatic heterocycles. The number of aromatic nitrogens is 1. The van der Waals surface area contributed by atoms with E-state index in [9.17, 15) is 4.79 Å². The van der Waals surface area contributed by atoms with Crippen molar-refractivity contribution in [1.29, 1.82) is 0 Å². The third kappa shape index (κ3) is 3.73. The first-order valence-corrected chi connectivity index (χ1v) is 6.22. The highest BCUT2D eigenvalue weighted by molar-refractivity contribution is 5.92. The van der Waals surface area contributed by atoms with Crippen LogP contribution in [0.25, 0.3) is 0 Å². The first kappa shape index (κ1) is 13.5. The van der Waals surface area contributed by atoms with Crippen molar-refractivity contribution in [2.45, 2.75) is 27.2 Å². The number of pyridine rings is 1. The molecule has 4 heteroatoms. The van der Waals surface area contributed by atoms with Crippen molar-refractivity contribution in [2.75, 3.05) is 24.5 Å². The second-order valence-corrected chi connectivity index (χ2v) is 3.83. The number of hydrogen-bond acceptors (Lipinski definition) is 3. The van der Waals surface area contributed by atoms with Crippen LogP contribution in [-0.4, -0.2) is 30.5 Å². The van der Waals surface area contributed by atoms with E-state index in [-0.39, 0.29) is 5.91 Å². The summed E-state index contributed by atoms with van der Waals surface area (Å²) in [4.78, 5) is 18.0. The van der Waals surface area contributed by atoms with Crippen LogP contribution in [0, 0.1) is 0 Å². The number of hydrogen-bond donors (Lipinski definition) is 1. The van der Waals surface area contributed by atoms with Crippen molar-refractivity contribution in [3.05, 3.63) is 24.0 Å². The van der Waals surface area contributed by atoms with Gasteiger partial charge in [0.25, 0.3) is 5.91 Å². The van der Waals surface area contributed by atoms with Crippen LogP contribution in [0.2, 0.25) is 0 Å². The van der Waals surface area contributed by atoms with Crippen molar-refractivity contribution in [3.8, 4) is 0 Å². The van der Waals surface area contributed by atoms with Crippen molar-refractivity contribution >= 4 is 11.6 Å². The van der Waals surface area contributed by atoms with Crippen LogP contribution >= 0.6 is 0 Å². The number of carbonyl (C=O) groups is 1. The molecule has 0 saturated carbocycles. The smallest absolute Gasteiger partial charge is 0.269 e. The zero-order valence-electron chi connectivity index (χ0n) is 10.9. The van der Waals surface area contributed by atoms with Gasteiger partial charge >= 0.3 is 0 Å². The summed E-state index contributed by atoms with van der Waals surface area (Å²) in [6, 6.07) is 3.72. The average molecular weight is 235 g/mol. The average Bonchev–Trinajstić information content (AvgIpc) is 2.38. The molecule has 0 spiro atoms. The van der Waals surface area contributed by atoms with Crippen LogP contribution in [-0.2, 0) is 0 Å². The molecule has 94 valence electrons. The summed E-state index contributed by atoms with van der Waals surface area (Å²) in [7, 11) is 0. The Bertz CT molecular complexity index is 344. The molecule has 0 aromatic carbocycles.